The summed E-state index contributed by atoms with van der Waals surface area (Å²) in [6.45, 7) is -1.02. The van der Waals surface area contributed by atoms with Crippen LogP contribution in [0, 0.1) is 29.1 Å². The molecular weight excluding hydrogens is 321 g/mol. The van der Waals surface area contributed by atoms with E-state index in [0.29, 0.717) is 5.69 Å². The van der Waals surface area contributed by atoms with Gasteiger partial charge in [0.25, 0.3) is 5.90 Å². The first-order valence-corrected chi connectivity index (χ1v) is 6.27. The minimum Gasteiger partial charge on any atom is -0.470 e. The second-order valence-electron chi connectivity index (χ2n) is 4.60. The van der Waals surface area contributed by atoms with E-state index in [1.165, 1.54) is 12.1 Å². The number of halogens is 5. The third-order valence-electron chi connectivity index (χ3n) is 3.22. The zero-order valence-corrected chi connectivity index (χ0v) is 11.2. The topological polar surface area (TPSA) is 38.7 Å². The smallest absolute Gasteiger partial charge is 0.264 e. The molecule has 0 radical (unpaired) electrons. The number of hydrogen-bond acceptors (Lipinski definition) is 3. The van der Waals surface area contributed by atoms with Crippen LogP contribution >= 0.6 is 0 Å². The van der Waals surface area contributed by atoms with E-state index in [1.807, 2.05) is 0 Å². The highest BCUT2D eigenvalue weighted by Gasteiger charge is 2.29. The SMILES string of the molecule is O=C1C(OCc2c(F)c(F)c(F)c(F)c2F)=Nc2ccccc21. The van der Waals surface area contributed by atoms with Crippen LogP contribution in [0.25, 0.3) is 0 Å². The van der Waals surface area contributed by atoms with E-state index >= 15 is 0 Å². The highest BCUT2D eigenvalue weighted by molar-refractivity contribution is 6.47. The van der Waals surface area contributed by atoms with Gasteiger partial charge in [0.1, 0.15) is 6.61 Å². The molecule has 2 aromatic rings. The number of carbonyl (C=O) groups excluding carboxylic acids is 1. The first-order valence-electron chi connectivity index (χ1n) is 6.27. The average molecular weight is 327 g/mol. The molecule has 0 bridgehead atoms. The van der Waals surface area contributed by atoms with Gasteiger partial charge in [-0.15, -0.1) is 0 Å². The van der Waals surface area contributed by atoms with Crippen molar-refractivity contribution in [1.29, 1.82) is 0 Å². The Kier molecular flexibility index (Phi) is 3.59. The van der Waals surface area contributed by atoms with Crippen molar-refractivity contribution in [2.75, 3.05) is 0 Å². The maximum Gasteiger partial charge on any atom is 0.264 e. The minimum atomic E-state index is -2.26. The van der Waals surface area contributed by atoms with Crippen molar-refractivity contribution in [3.63, 3.8) is 0 Å². The molecule has 1 aliphatic rings. The standard InChI is InChI=1S/C15H6F5NO2/c16-9-7(10(17)12(19)13(20)11(9)18)5-23-15-14(22)6-3-1-2-4-8(6)21-15/h1-4H,5H2. The van der Waals surface area contributed by atoms with E-state index in [1.54, 1.807) is 12.1 Å². The van der Waals surface area contributed by atoms with E-state index in [9.17, 15) is 26.7 Å². The fourth-order valence-electron chi connectivity index (χ4n) is 2.05. The predicted octanol–water partition coefficient (Wildman–Crippen LogP) is 3.83. The third kappa shape index (κ3) is 2.36. The lowest BCUT2D eigenvalue weighted by Gasteiger charge is -2.09. The first-order chi connectivity index (χ1) is 10.9. The van der Waals surface area contributed by atoms with Gasteiger partial charge in [-0.05, 0) is 12.1 Å². The molecule has 0 N–H and O–H groups in total. The van der Waals surface area contributed by atoms with Crippen LogP contribution in [0.2, 0.25) is 0 Å². The molecule has 118 valence electrons. The number of hydrogen-bond donors (Lipinski definition) is 0. The van der Waals surface area contributed by atoms with Gasteiger partial charge in [-0.1, -0.05) is 12.1 Å². The summed E-state index contributed by atoms with van der Waals surface area (Å²) < 4.78 is 71.0. The van der Waals surface area contributed by atoms with Crippen molar-refractivity contribution in [2.24, 2.45) is 4.99 Å². The molecule has 0 aliphatic carbocycles. The van der Waals surface area contributed by atoms with Crippen LogP contribution in [0.5, 0.6) is 0 Å². The van der Waals surface area contributed by atoms with Gasteiger partial charge in [0.15, 0.2) is 23.3 Å². The lowest BCUT2D eigenvalue weighted by atomic mass is 10.1. The Morgan fingerprint density at radius 3 is 2.04 bits per heavy atom. The van der Waals surface area contributed by atoms with Gasteiger partial charge in [0.05, 0.1) is 16.8 Å². The van der Waals surface area contributed by atoms with Gasteiger partial charge in [-0.3, -0.25) is 4.79 Å². The number of aliphatic imine (C=N–C) groups is 1. The summed E-state index contributed by atoms with van der Waals surface area (Å²) in [5.74, 6) is -11.5. The van der Waals surface area contributed by atoms with E-state index in [4.69, 9.17) is 4.74 Å². The first kappa shape index (κ1) is 15.1. The summed E-state index contributed by atoms with van der Waals surface area (Å²) in [5, 5.41) is 0. The Bertz CT molecular complexity index is 834. The van der Waals surface area contributed by atoms with Gasteiger partial charge in [0.2, 0.25) is 11.6 Å². The van der Waals surface area contributed by atoms with Crippen molar-refractivity contribution in [1.82, 2.24) is 0 Å². The highest BCUT2D eigenvalue weighted by atomic mass is 19.2. The molecule has 2 aromatic carbocycles. The molecule has 1 heterocycles. The molecule has 0 unspecified atom stereocenters. The minimum absolute atomic E-state index is 0.222. The molecule has 0 saturated heterocycles. The summed E-state index contributed by atoms with van der Waals surface area (Å²) in [6, 6.07) is 6.18. The number of para-hydroxylation sites is 1. The van der Waals surface area contributed by atoms with Gasteiger partial charge < -0.3 is 4.74 Å². The van der Waals surface area contributed by atoms with Crippen LogP contribution in [-0.4, -0.2) is 11.7 Å². The van der Waals surface area contributed by atoms with Gasteiger partial charge >= 0.3 is 0 Å². The van der Waals surface area contributed by atoms with Crippen molar-refractivity contribution in [3.05, 3.63) is 64.5 Å². The number of benzene rings is 2. The Balaban J connectivity index is 1.88. The molecule has 23 heavy (non-hydrogen) atoms. The molecule has 0 saturated carbocycles. The van der Waals surface area contributed by atoms with Crippen LogP contribution in [0.4, 0.5) is 27.6 Å². The number of ketones is 1. The van der Waals surface area contributed by atoms with Crippen molar-refractivity contribution in [2.45, 2.75) is 6.61 Å². The fourth-order valence-corrected chi connectivity index (χ4v) is 2.05. The number of Topliss-reactive ketones (excluding diaryl/α,β-unsaturated/α-hetero) is 1. The number of carbonyl (C=O) groups is 1. The van der Waals surface area contributed by atoms with Crippen LogP contribution in [0.15, 0.2) is 29.3 Å². The lowest BCUT2D eigenvalue weighted by Crippen LogP contribution is -2.16. The quantitative estimate of drug-likeness (QED) is 0.478. The molecule has 3 rings (SSSR count). The Morgan fingerprint density at radius 1 is 0.870 bits per heavy atom. The number of nitrogens with zero attached hydrogens (tertiary/aromatic N) is 1. The molecule has 0 spiro atoms. The summed E-state index contributed by atoms with van der Waals surface area (Å²) in [5.41, 5.74) is -0.655. The molecule has 0 aromatic heterocycles. The lowest BCUT2D eigenvalue weighted by molar-refractivity contribution is 0.103. The molecule has 0 fully saturated rings. The second-order valence-corrected chi connectivity index (χ2v) is 4.60. The predicted molar refractivity (Wildman–Crippen MR) is 68.9 cm³/mol. The third-order valence-corrected chi connectivity index (χ3v) is 3.22. The molecule has 8 heteroatoms. The van der Waals surface area contributed by atoms with Crippen LogP contribution < -0.4 is 0 Å². The summed E-state index contributed by atoms with van der Waals surface area (Å²) in [7, 11) is 0. The number of ether oxygens (including phenoxy) is 1. The molecule has 0 atom stereocenters. The van der Waals surface area contributed by atoms with Crippen LogP contribution in [0.1, 0.15) is 15.9 Å². The van der Waals surface area contributed by atoms with Crippen LogP contribution in [0.3, 0.4) is 0 Å². The second kappa shape index (κ2) is 5.45. The molecule has 0 amide bonds. The van der Waals surface area contributed by atoms with E-state index in [2.05, 4.69) is 4.99 Å². The van der Waals surface area contributed by atoms with Crippen molar-refractivity contribution < 1.29 is 31.5 Å². The van der Waals surface area contributed by atoms with E-state index in [-0.39, 0.29) is 5.56 Å². The van der Waals surface area contributed by atoms with E-state index < -0.39 is 52.9 Å². The average Bonchev–Trinajstić information content (AvgIpc) is 2.88. The van der Waals surface area contributed by atoms with Crippen molar-refractivity contribution >= 4 is 17.4 Å². The summed E-state index contributed by atoms with van der Waals surface area (Å²) >= 11 is 0. The monoisotopic (exact) mass is 327 g/mol. The van der Waals surface area contributed by atoms with E-state index in [0.717, 1.165) is 0 Å². The number of fused-ring (bicyclic) bond motifs is 1. The maximum atomic E-state index is 13.5. The molecule has 3 nitrogen and oxygen atoms in total. The largest absolute Gasteiger partial charge is 0.470 e. The van der Waals surface area contributed by atoms with Gasteiger partial charge in [-0.25, -0.2) is 26.9 Å². The summed E-state index contributed by atoms with van der Waals surface area (Å²) in [4.78, 5) is 15.7. The van der Waals surface area contributed by atoms with Crippen LogP contribution in [-0.2, 0) is 11.3 Å². The fraction of sp³-hybridized carbons (Fsp3) is 0.0667. The highest BCUT2D eigenvalue weighted by Crippen LogP contribution is 2.28. The molecule has 1 aliphatic heterocycles. The van der Waals surface area contributed by atoms with Gasteiger partial charge in [0, 0.05) is 0 Å². The number of rotatable bonds is 2. The zero-order chi connectivity index (χ0) is 16.7. The van der Waals surface area contributed by atoms with Crippen molar-refractivity contribution in [3.8, 4) is 0 Å². The maximum absolute atomic E-state index is 13.5. The zero-order valence-electron chi connectivity index (χ0n) is 11.2. The normalized spacial score (nSPS) is 13.1. The Hall–Kier alpha value is -2.77. The summed E-state index contributed by atoms with van der Waals surface area (Å²) in [6.07, 6.45) is 0. The molecular formula is C15H6F5NO2. The van der Waals surface area contributed by atoms with Gasteiger partial charge in [-0.2, -0.15) is 0 Å². The Morgan fingerprint density at radius 2 is 1.43 bits per heavy atom. The Labute approximate surface area is 126 Å².